The molecule has 2 fully saturated rings. The van der Waals surface area contributed by atoms with Crippen LogP contribution < -0.4 is 9.64 Å². The SMILES string of the molecule is COC1OC1OC(C)OC1OC1CN1C(=O)C(=O)c2cc(OC(F)(F)F)ccc21. The van der Waals surface area contributed by atoms with Crippen LogP contribution in [0.25, 0.3) is 0 Å². The van der Waals surface area contributed by atoms with Gasteiger partial charge in [-0.05, 0) is 25.1 Å². The van der Waals surface area contributed by atoms with Gasteiger partial charge in [0.05, 0.1) is 17.8 Å². The number of methoxy groups -OCH3 is 1. The molecule has 0 radical (unpaired) electrons. The van der Waals surface area contributed by atoms with Gasteiger partial charge in [0.15, 0.2) is 12.6 Å². The van der Waals surface area contributed by atoms with E-state index in [0.29, 0.717) is 0 Å². The molecule has 3 heterocycles. The van der Waals surface area contributed by atoms with E-state index in [9.17, 15) is 22.8 Å². The number of anilines is 1. The fourth-order valence-corrected chi connectivity index (χ4v) is 2.97. The highest BCUT2D eigenvalue weighted by Gasteiger charge is 2.48. The van der Waals surface area contributed by atoms with E-state index in [0.717, 1.165) is 17.0 Å². The van der Waals surface area contributed by atoms with Gasteiger partial charge in [0.2, 0.25) is 12.6 Å². The molecule has 3 aliphatic heterocycles. The third-order valence-corrected chi connectivity index (χ3v) is 4.37. The number of hydrogen-bond acceptors (Lipinski definition) is 8. The van der Waals surface area contributed by atoms with Crippen LogP contribution in [0, 0.1) is 0 Å². The van der Waals surface area contributed by atoms with Crippen molar-refractivity contribution in [3.63, 3.8) is 0 Å². The first-order valence-corrected chi connectivity index (χ1v) is 8.57. The van der Waals surface area contributed by atoms with E-state index in [-0.39, 0.29) is 17.8 Å². The maximum atomic E-state index is 12.4. The Morgan fingerprint density at radius 3 is 2.52 bits per heavy atom. The number of ketones is 1. The van der Waals surface area contributed by atoms with Gasteiger partial charge in [-0.2, -0.15) is 0 Å². The molecular formula is C17H16F3NO8. The van der Waals surface area contributed by atoms with Gasteiger partial charge < -0.3 is 33.3 Å². The lowest BCUT2D eigenvalue weighted by atomic mass is 10.1. The van der Waals surface area contributed by atoms with Crippen LogP contribution in [0.5, 0.6) is 5.75 Å². The molecule has 2 saturated heterocycles. The molecule has 0 saturated carbocycles. The Morgan fingerprint density at radius 1 is 1.14 bits per heavy atom. The second-order valence-electron chi connectivity index (χ2n) is 6.46. The number of halogens is 3. The van der Waals surface area contributed by atoms with Crippen LogP contribution in [-0.4, -0.2) is 63.0 Å². The molecule has 4 rings (SSSR count). The van der Waals surface area contributed by atoms with Gasteiger partial charge in [-0.3, -0.25) is 9.59 Å². The summed E-state index contributed by atoms with van der Waals surface area (Å²) in [6.07, 6.45) is -7.71. The molecule has 0 aliphatic carbocycles. The Bertz CT molecular complexity index is 831. The smallest absolute Gasteiger partial charge is 0.406 e. The van der Waals surface area contributed by atoms with Gasteiger partial charge in [0.1, 0.15) is 11.9 Å². The van der Waals surface area contributed by atoms with Crippen molar-refractivity contribution < 1.29 is 51.2 Å². The topological polar surface area (TPSA) is 99.4 Å². The molecule has 12 heteroatoms. The van der Waals surface area contributed by atoms with Crippen LogP contribution in [0.3, 0.4) is 0 Å². The van der Waals surface area contributed by atoms with Crippen molar-refractivity contribution in [1.29, 1.82) is 0 Å². The highest BCUT2D eigenvalue weighted by atomic mass is 19.4. The van der Waals surface area contributed by atoms with Crippen LogP contribution in [0.1, 0.15) is 17.3 Å². The summed E-state index contributed by atoms with van der Waals surface area (Å²) < 4.78 is 67.1. The second kappa shape index (κ2) is 7.22. The van der Waals surface area contributed by atoms with E-state index in [4.69, 9.17) is 23.7 Å². The summed E-state index contributed by atoms with van der Waals surface area (Å²) in [6.45, 7) is 1.63. The van der Waals surface area contributed by atoms with Crippen molar-refractivity contribution in [2.75, 3.05) is 18.6 Å². The Labute approximate surface area is 162 Å². The van der Waals surface area contributed by atoms with Crippen molar-refractivity contribution in [2.45, 2.75) is 44.6 Å². The molecule has 29 heavy (non-hydrogen) atoms. The molecule has 5 atom stereocenters. The van der Waals surface area contributed by atoms with E-state index >= 15 is 0 Å². The number of alkyl halides is 3. The molecule has 1 aromatic rings. The maximum absolute atomic E-state index is 12.4. The molecule has 9 nitrogen and oxygen atoms in total. The molecule has 5 unspecified atom stereocenters. The third kappa shape index (κ3) is 4.36. The van der Waals surface area contributed by atoms with Crippen LogP contribution in [0.15, 0.2) is 18.2 Å². The summed E-state index contributed by atoms with van der Waals surface area (Å²) >= 11 is 0. The van der Waals surface area contributed by atoms with Crippen LogP contribution in [-0.2, 0) is 28.5 Å². The maximum Gasteiger partial charge on any atom is 0.573 e. The number of Topliss-reactive ketones (excluding diaryl/α,β-unsaturated/α-hetero) is 1. The van der Waals surface area contributed by atoms with Gasteiger partial charge in [-0.1, -0.05) is 0 Å². The fraction of sp³-hybridized carbons (Fsp3) is 0.529. The zero-order valence-corrected chi connectivity index (χ0v) is 15.2. The van der Waals surface area contributed by atoms with Crippen molar-refractivity contribution >= 4 is 17.4 Å². The first kappa shape index (κ1) is 20.0. The molecule has 0 N–H and O–H groups in total. The first-order chi connectivity index (χ1) is 13.7. The minimum absolute atomic E-state index is 0.00490. The van der Waals surface area contributed by atoms with Gasteiger partial charge >= 0.3 is 6.36 Å². The predicted octanol–water partition coefficient (Wildman–Crippen LogP) is 1.55. The van der Waals surface area contributed by atoms with E-state index < -0.39 is 55.1 Å². The molecule has 3 aliphatic rings. The summed E-state index contributed by atoms with van der Waals surface area (Å²) in [5, 5.41) is 0. The lowest BCUT2D eigenvalue weighted by Gasteiger charge is -2.16. The Kier molecular flexibility index (Phi) is 4.99. The molecule has 158 valence electrons. The molecule has 1 aromatic carbocycles. The zero-order valence-electron chi connectivity index (χ0n) is 15.2. The number of rotatable bonds is 8. The average Bonchev–Trinajstić information content (AvgIpc) is 3.53. The number of carbonyl (C=O) groups excluding carboxylic acids is 2. The van der Waals surface area contributed by atoms with Gasteiger partial charge in [0.25, 0.3) is 11.7 Å². The van der Waals surface area contributed by atoms with Crippen LogP contribution in [0.4, 0.5) is 18.9 Å². The summed E-state index contributed by atoms with van der Waals surface area (Å²) in [6, 6.07) is 3.14. The highest BCUT2D eigenvalue weighted by Crippen LogP contribution is 2.36. The first-order valence-electron chi connectivity index (χ1n) is 8.57. The lowest BCUT2D eigenvalue weighted by molar-refractivity contribution is -0.274. The number of ether oxygens (including phenoxy) is 6. The Balaban J connectivity index is 1.35. The monoisotopic (exact) mass is 419 g/mol. The quantitative estimate of drug-likeness (QED) is 0.356. The molecule has 0 bridgehead atoms. The van der Waals surface area contributed by atoms with E-state index in [2.05, 4.69) is 4.74 Å². The van der Waals surface area contributed by atoms with Gasteiger partial charge in [0, 0.05) is 7.11 Å². The van der Waals surface area contributed by atoms with E-state index in [1.54, 1.807) is 6.92 Å². The second-order valence-corrected chi connectivity index (χ2v) is 6.46. The summed E-state index contributed by atoms with van der Waals surface area (Å²) in [5.74, 6) is -2.36. The van der Waals surface area contributed by atoms with Crippen molar-refractivity contribution in [2.24, 2.45) is 0 Å². The number of epoxide rings is 2. The average molecular weight is 419 g/mol. The molecular weight excluding hydrogens is 403 g/mol. The Hall–Kier alpha value is -2.25. The van der Waals surface area contributed by atoms with Gasteiger partial charge in [-0.15, -0.1) is 13.2 Å². The molecule has 1 amide bonds. The summed E-state index contributed by atoms with van der Waals surface area (Å²) in [7, 11) is 1.48. The number of carbonyl (C=O) groups is 2. The molecule has 0 spiro atoms. The van der Waals surface area contributed by atoms with Crippen LogP contribution >= 0.6 is 0 Å². The zero-order chi connectivity index (χ0) is 20.9. The number of hydrogen-bond donors (Lipinski definition) is 0. The van der Waals surface area contributed by atoms with Crippen LogP contribution in [0.2, 0.25) is 0 Å². The predicted molar refractivity (Wildman–Crippen MR) is 85.8 cm³/mol. The summed E-state index contributed by atoms with van der Waals surface area (Å²) in [4.78, 5) is 25.5. The lowest BCUT2D eigenvalue weighted by Crippen LogP contribution is -2.34. The minimum Gasteiger partial charge on any atom is -0.406 e. The molecule has 0 aromatic heterocycles. The van der Waals surface area contributed by atoms with E-state index in [1.807, 2.05) is 0 Å². The normalized spacial score (nSPS) is 29.1. The highest BCUT2D eigenvalue weighted by molar-refractivity contribution is 6.52. The summed E-state index contributed by atoms with van der Waals surface area (Å²) in [5.41, 5.74) is 0.0189. The van der Waals surface area contributed by atoms with Crippen molar-refractivity contribution in [3.05, 3.63) is 23.8 Å². The van der Waals surface area contributed by atoms with E-state index in [1.165, 1.54) is 13.2 Å². The Morgan fingerprint density at radius 2 is 1.86 bits per heavy atom. The minimum atomic E-state index is -4.90. The third-order valence-electron chi connectivity index (χ3n) is 4.37. The number of fused-ring (bicyclic) bond motifs is 1. The van der Waals surface area contributed by atoms with Gasteiger partial charge in [-0.25, -0.2) is 0 Å². The largest absolute Gasteiger partial charge is 0.573 e. The van der Waals surface area contributed by atoms with Crippen molar-refractivity contribution in [3.8, 4) is 5.75 Å². The number of amides is 1. The van der Waals surface area contributed by atoms with Crippen molar-refractivity contribution in [1.82, 2.24) is 0 Å². The number of nitrogens with zero attached hydrogens (tertiary/aromatic N) is 1. The number of benzene rings is 1. The fourth-order valence-electron chi connectivity index (χ4n) is 2.97. The standard InChI is InChI=1S/C17H16F3NO8/c1-7(26-16-15(24-2)28-16)25-14-11(27-14)6-21-10-4-3-8(29-17(18,19)20)5-9(10)12(22)13(21)23/h3-5,7,11,14-16H,6H2,1-2H3.